The Labute approximate surface area is 117 Å². The number of benzene rings is 1. The van der Waals surface area contributed by atoms with Crippen LogP contribution in [-0.2, 0) is 0 Å². The second-order valence-corrected chi connectivity index (χ2v) is 5.49. The van der Waals surface area contributed by atoms with Gasteiger partial charge in [0.15, 0.2) is 5.75 Å². The summed E-state index contributed by atoms with van der Waals surface area (Å²) in [6.45, 7) is 3.62. The highest BCUT2D eigenvalue weighted by atomic mass is 16.6. The molecule has 110 valence electrons. The fraction of sp³-hybridized carbons (Fsp3) is 0.571. The van der Waals surface area contributed by atoms with Gasteiger partial charge in [0.1, 0.15) is 5.69 Å². The van der Waals surface area contributed by atoms with E-state index in [0.29, 0.717) is 5.69 Å². The van der Waals surface area contributed by atoms with Crippen LogP contribution in [0.15, 0.2) is 18.2 Å². The maximum atomic E-state index is 11.3. The zero-order valence-electron chi connectivity index (χ0n) is 11.8. The number of nitro benzene ring substituents is 1. The van der Waals surface area contributed by atoms with Crippen molar-refractivity contribution in [2.24, 2.45) is 0 Å². The Kier molecular flexibility index (Phi) is 4.13. The van der Waals surface area contributed by atoms with Crippen molar-refractivity contribution in [1.82, 2.24) is 0 Å². The molecule has 0 saturated heterocycles. The van der Waals surface area contributed by atoms with Gasteiger partial charge in [-0.25, -0.2) is 0 Å². The Bertz CT molecular complexity index is 492. The lowest BCUT2D eigenvalue weighted by molar-refractivity contribution is -0.385. The minimum atomic E-state index is -0.441. The number of rotatable bonds is 6. The molecular weight excluding hydrogens is 260 g/mol. The van der Waals surface area contributed by atoms with E-state index in [1.165, 1.54) is 0 Å². The standard InChI is InChI=1S/C14H20N2O4/c1-10(2)20-12-6-3-5-11(13(12)16(18)19)15-14(9-17)7-4-8-14/h3,5-6,10,15,17H,4,7-9H2,1-2H3. The molecule has 20 heavy (non-hydrogen) atoms. The molecule has 1 aliphatic carbocycles. The van der Waals surface area contributed by atoms with E-state index in [-0.39, 0.29) is 24.1 Å². The number of hydrogen-bond acceptors (Lipinski definition) is 5. The Hall–Kier alpha value is -1.82. The molecule has 1 saturated carbocycles. The van der Waals surface area contributed by atoms with Crippen LogP contribution in [0.2, 0.25) is 0 Å². The van der Waals surface area contributed by atoms with Crippen LogP contribution in [0.4, 0.5) is 11.4 Å². The summed E-state index contributed by atoms with van der Waals surface area (Å²) in [5.41, 5.74) is -0.0934. The molecule has 2 N–H and O–H groups in total. The fourth-order valence-electron chi connectivity index (χ4n) is 2.37. The Morgan fingerprint density at radius 3 is 2.65 bits per heavy atom. The number of anilines is 1. The van der Waals surface area contributed by atoms with Crippen LogP contribution in [0.25, 0.3) is 0 Å². The normalized spacial score (nSPS) is 16.6. The molecule has 0 atom stereocenters. The van der Waals surface area contributed by atoms with Gasteiger partial charge in [-0.1, -0.05) is 6.07 Å². The van der Waals surface area contributed by atoms with Gasteiger partial charge in [-0.05, 0) is 45.2 Å². The molecule has 0 aromatic heterocycles. The van der Waals surface area contributed by atoms with Crippen LogP contribution >= 0.6 is 0 Å². The third kappa shape index (κ3) is 2.85. The number of aliphatic hydroxyl groups is 1. The van der Waals surface area contributed by atoms with E-state index in [4.69, 9.17) is 4.74 Å². The van der Waals surface area contributed by atoms with Gasteiger partial charge in [0.25, 0.3) is 0 Å². The number of para-hydroxylation sites is 1. The lowest BCUT2D eigenvalue weighted by Gasteiger charge is -2.41. The smallest absolute Gasteiger partial charge is 0.333 e. The van der Waals surface area contributed by atoms with Gasteiger partial charge in [-0.15, -0.1) is 0 Å². The van der Waals surface area contributed by atoms with Crippen LogP contribution in [0, 0.1) is 10.1 Å². The zero-order valence-corrected chi connectivity index (χ0v) is 11.8. The van der Waals surface area contributed by atoms with Crippen molar-refractivity contribution < 1.29 is 14.8 Å². The second kappa shape index (κ2) is 5.66. The van der Waals surface area contributed by atoms with Crippen molar-refractivity contribution in [2.75, 3.05) is 11.9 Å². The van der Waals surface area contributed by atoms with Crippen molar-refractivity contribution in [3.8, 4) is 5.75 Å². The number of nitrogens with zero attached hydrogens (tertiary/aromatic N) is 1. The van der Waals surface area contributed by atoms with E-state index in [9.17, 15) is 15.2 Å². The van der Waals surface area contributed by atoms with E-state index in [2.05, 4.69) is 5.32 Å². The first kappa shape index (κ1) is 14.6. The van der Waals surface area contributed by atoms with Crippen molar-refractivity contribution in [3.05, 3.63) is 28.3 Å². The molecule has 1 fully saturated rings. The summed E-state index contributed by atoms with van der Waals surface area (Å²) in [7, 11) is 0. The molecule has 0 spiro atoms. The number of nitrogens with one attached hydrogen (secondary N) is 1. The number of hydrogen-bond donors (Lipinski definition) is 2. The molecule has 0 bridgehead atoms. The molecule has 1 aromatic carbocycles. The highest BCUT2D eigenvalue weighted by molar-refractivity contribution is 5.69. The topological polar surface area (TPSA) is 84.6 Å². The van der Waals surface area contributed by atoms with Crippen molar-refractivity contribution in [1.29, 1.82) is 0 Å². The maximum absolute atomic E-state index is 11.3. The van der Waals surface area contributed by atoms with Gasteiger partial charge < -0.3 is 15.2 Å². The van der Waals surface area contributed by atoms with Crippen LogP contribution in [0.1, 0.15) is 33.1 Å². The molecule has 0 aliphatic heterocycles. The fourth-order valence-corrected chi connectivity index (χ4v) is 2.37. The SMILES string of the molecule is CC(C)Oc1cccc(NC2(CO)CCC2)c1[N+](=O)[O-]. The first-order valence-electron chi connectivity index (χ1n) is 6.80. The predicted octanol–water partition coefficient (Wildman–Crippen LogP) is 2.71. The maximum Gasteiger partial charge on any atom is 0.333 e. The number of nitro groups is 1. The lowest BCUT2D eigenvalue weighted by atomic mass is 9.77. The minimum absolute atomic E-state index is 0.0284. The lowest BCUT2D eigenvalue weighted by Crippen LogP contribution is -2.48. The van der Waals surface area contributed by atoms with Crippen LogP contribution < -0.4 is 10.1 Å². The second-order valence-electron chi connectivity index (χ2n) is 5.49. The molecule has 6 heteroatoms. The number of aliphatic hydroxyl groups excluding tert-OH is 1. The van der Waals surface area contributed by atoms with Crippen LogP contribution in [0.5, 0.6) is 5.75 Å². The van der Waals surface area contributed by atoms with Gasteiger partial charge in [-0.2, -0.15) is 0 Å². The van der Waals surface area contributed by atoms with Crippen molar-refractivity contribution in [2.45, 2.75) is 44.8 Å². The Balaban J connectivity index is 2.34. The monoisotopic (exact) mass is 280 g/mol. The van der Waals surface area contributed by atoms with Gasteiger partial charge >= 0.3 is 5.69 Å². The van der Waals surface area contributed by atoms with E-state index < -0.39 is 10.5 Å². The van der Waals surface area contributed by atoms with E-state index in [1.807, 2.05) is 13.8 Å². The summed E-state index contributed by atoms with van der Waals surface area (Å²) in [5, 5.41) is 23.9. The number of ether oxygens (including phenoxy) is 1. The summed E-state index contributed by atoms with van der Waals surface area (Å²) in [6, 6.07) is 4.97. The third-order valence-electron chi connectivity index (χ3n) is 3.56. The van der Waals surface area contributed by atoms with E-state index in [1.54, 1.807) is 18.2 Å². The molecule has 0 heterocycles. The quantitative estimate of drug-likeness (QED) is 0.618. The van der Waals surface area contributed by atoms with Gasteiger partial charge in [0, 0.05) is 0 Å². The van der Waals surface area contributed by atoms with E-state index in [0.717, 1.165) is 19.3 Å². The average Bonchev–Trinajstić information content (AvgIpc) is 2.32. The van der Waals surface area contributed by atoms with Gasteiger partial charge in [0.05, 0.1) is 23.2 Å². The highest BCUT2D eigenvalue weighted by Gasteiger charge is 2.38. The predicted molar refractivity (Wildman–Crippen MR) is 76.2 cm³/mol. The van der Waals surface area contributed by atoms with Crippen LogP contribution in [0.3, 0.4) is 0 Å². The average molecular weight is 280 g/mol. The summed E-state index contributed by atoms with van der Waals surface area (Å²) in [5.74, 6) is 0.252. The first-order chi connectivity index (χ1) is 9.47. The Morgan fingerprint density at radius 2 is 2.20 bits per heavy atom. The third-order valence-corrected chi connectivity index (χ3v) is 3.56. The van der Waals surface area contributed by atoms with Crippen LogP contribution in [-0.4, -0.2) is 28.3 Å². The van der Waals surface area contributed by atoms with E-state index >= 15 is 0 Å². The van der Waals surface area contributed by atoms with Gasteiger partial charge in [-0.3, -0.25) is 10.1 Å². The Morgan fingerprint density at radius 1 is 1.50 bits per heavy atom. The molecule has 0 amide bonds. The molecule has 2 rings (SSSR count). The summed E-state index contributed by atoms with van der Waals surface area (Å²) in [4.78, 5) is 10.9. The summed E-state index contributed by atoms with van der Waals surface area (Å²) in [6.07, 6.45) is 2.51. The zero-order chi connectivity index (χ0) is 14.8. The van der Waals surface area contributed by atoms with Crippen molar-refractivity contribution >= 4 is 11.4 Å². The highest BCUT2D eigenvalue weighted by Crippen LogP contribution is 2.41. The molecular formula is C14H20N2O4. The van der Waals surface area contributed by atoms with Crippen molar-refractivity contribution in [3.63, 3.8) is 0 Å². The largest absolute Gasteiger partial charge is 0.484 e. The molecule has 1 aromatic rings. The van der Waals surface area contributed by atoms with Gasteiger partial charge in [0.2, 0.25) is 0 Å². The molecule has 1 aliphatic rings. The molecule has 6 nitrogen and oxygen atoms in total. The minimum Gasteiger partial charge on any atom is -0.484 e. The molecule has 0 radical (unpaired) electrons. The molecule has 0 unspecified atom stereocenters. The summed E-state index contributed by atoms with van der Waals surface area (Å²) >= 11 is 0. The summed E-state index contributed by atoms with van der Waals surface area (Å²) < 4.78 is 5.50. The first-order valence-corrected chi connectivity index (χ1v) is 6.80.